The average molecular weight is 237 g/mol. The first-order valence-electron chi connectivity index (χ1n) is 3.42. The number of halogens is 1. The quantitative estimate of drug-likeness (QED) is 0.615. The highest BCUT2D eigenvalue weighted by molar-refractivity contribution is 7.46. The number of benzene rings is 1. The molecule has 0 aliphatic rings. The Labute approximate surface area is 84.5 Å². The van der Waals surface area contributed by atoms with Gasteiger partial charge in [-0.3, -0.25) is 14.6 Å². The van der Waals surface area contributed by atoms with E-state index in [-0.39, 0.29) is 10.8 Å². The van der Waals surface area contributed by atoms with E-state index in [0.29, 0.717) is 11.8 Å². The highest BCUT2D eigenvalue weighted by atomic mass is 35.5. The predicted octanol–water partition coefficient (Wildman–Crippen LogP) is 1.62. The van der Waals surface area contributed by atoms with Crippen molar-refractivity contribution in [2.45, 2.75) is 0 Å². The van der Waals surface area contributed by atoms with Crippen LogP contribution in [0.2, 0.25) is 5.02 Å². The lowest BCUT2D eigenvalue weighted by atomic mass is 10.2. The zero-order chi connectivity index (χ0) is 10.8. The molecule has 14 heavy (non-hydrogen) atoms. The molecule has 1 rings (SSSR count). The van der Waals surface area contributed by atoms with Gasteiger partial charge in [-0.05, 0) is 18.2 Å². The third kappa shape index (κ3) is 3.12. The van der Waals surface area contributed by atoms with Crippen LogP contribution in [0, 0.1) is 0 Å². The Morgan fingerprint density at radius 2 is 2.07 bits per heavy atom. The second-order valence-corrected chi connectivity index (χ2v) is 3.96. The summed E-state index contributed by atoms with van der Waals surface area (Å²) < 4.78 is 14.7. The Kier molecular flexibility index (Phi) is 3.29. The summed E-state index contributed by atoms with van der Waals surface area (Å²) in [6, 6.07) is 3.80. The van der Waals surface area contributed by atoms with Crippen molar-refractivity contribution in [3.63, 3.8) is 0 Å². The highest BCUT2D eigenvalue weighted by Crippen LogP contribution is 2.40. The van der Waals surface area contributed by atoms with Crippen molar-refractivity contribution < 1.29 is 23.7 Å². The molecule has 1 aromatic carbocycles. The third-order valence-corrected chi connectivity index (χ3v) is 2.04. The lowest BCUT2D eigenvalue weighted by Gasteiger charge is -2.07. The number of phosphoric ester groups is 1. The van der Waals surface area contributed by atoms with Gasteiger partial charge in [0.1, 0.15) is 12.0 Å². The number of rotatable bonds is 3. The molecule has 0 unspecified atom stereocenters. The van der Waals surface area contributed by atoms with Crippen molar-refractivity contribution in [1.29, 1.82) is 0 Å². The van der Waals surface area contributed by atoms with Gasteiger partial charge in [0, 0.05) is 5.56 Å². The van der Waals surface area contributed by atoms with Crippen LogP contribution >= 0.6 is 19.4 Å². The maximum atomic E-state index is 10.5. The molecule has 5 nitrogen and oxygen atoms in total. The fraction of sp³-hybridized carbons (Fsp3) is 0. The number of phosphoric acid groups is 1. The minimum atomic E-state index is -4.61. The van der Waals surface area contributed by atoms with Crippen LogP contribution in [0.3, 0.4) is 0 Å². The summed E-state index contributed by atoms with van der Waals surface area (Å²) in [6.45, 7) is 0. The average Bonchev–Trinajstić information content (AvgIpc) is 2.06. The molecular weight excluding hydrogens is 230 g/mol. The number of carbonyl (C=O) groups is 1. The van der Waals surface area contributed by atoms with Crippen molar-refractivity contribution in [2.24, 2.45) is 0 Å². The highest BCUT2D eigenvalue weighted by Gasteiger charge is 2.17. The molecule has 0 fully saturated rings. The zero-order valence-corrected chi connectivity index (χ0v) is 8.40. The van der Waals surface area contributed by atoms with Crippen molar-refractivity contribution >= 4 is 25.7 Å². The summed E-state index contributed by atoms with van der Waals surface area (Å²) in [5.74, 6) is -0.161. The summed E-state index contributed by atoms with van der Waals surface area (Å²) >= 11 is 5.59. The summed E-state index contributed by atoms with van der Waals surface area (Å²) in [4.78, 5) is 27.3. The van der Waals surface area contributed by atoms with E-state index >= 15 is 0 Å². The molecule has 0 aliphatic carbocycles. The standard InChI is InChI=1S/C7H6ClO5P/c8-6-3-5(4-9)1-2-7(6)13-14(10,11)12/h1-4H,(H2,10,11,12). The summed E-state index contributed by atoms with van der Waals surface area (Å²) in [5.41, 5.74) is 0.299. The van der Waals surface area contributed by atoms with Gasteiger partial charge in [-0.1, -0.05) is 11.6 Å². The SMILES string of the molecule is O=Cc1ccc(OP(=O)(O)O)c(Cl)c1. The molecule has 0 radical (unpaired) electrons. The van der Waals surface area contributed by atoms with Gasteiger partial charge in [-0.25, -0.2) is 4.57 Å². The van der Waals surface area contributed by atoms with E-state index in [1.165, 1.54) is 18.2 Å². The Morgan fingerprint density at radius 1 is 1.43 bits per heavy atom. The molecule has 0 spiro atoms. The van der Waals surface area contributed by atoms with E-state index < -0.39 is 7.82 Å². The fourth-order valence-electron chi connectivity index (χ4n) is 0.793. The molecule has 0 aliphatic heterocycles. The van der Waals surface area contributed by atoms with Crippen LogP contribution in [-0.2, 0) is 4.57 Å². The molecular formula is C7H6ClO5P. The fourth-order valence-corrected chi connectivity index (χ4v) is 1.49. The van der Waals surface area contributed by atoms with E-state index in [1.54, 1.807) is 0 Å². The van der Waals surface area contributed by atoms with Crippen LogP contribution in [0.15, 0.2) is 18.2 Å². The monoisotopic (exact) mass is 236 g/mol. The van der Waals surface area contributed by atoms with Gasteiger partial charge in [0.15, 0.2) is 0 Å². The van der Waals surface area contributed by atoms with Crippen molar-refractivity contribution in [1.82, 2.24) is 0 Å². The minimum absolute atomic E-state index is 0.0297. The smallest absolute Gasteiger partial charge is 0.403 e. The number of hydrogen-bond donors (Lipinski definition) is 2. The molecule has 0 saturated heterocycles. The molecule has 2 N–H and O–H groups in total. The van der Waals surface area contributed by atoms with Crippen LogP contribution in [0.5, 0.6) is 5.75 Å². The van der Waals surface area contributed by atoms with E-state index in [4.69, 9.17) is 21.4 Å². The third-order valence-electron chi connectivity index (χ3n) is 1.31. The van der Waals surface area contributed by atoms with E-state index in [9.17, 15) is 9.36 Å². The molecule has 0 aromatic heterocycles. The van der Waals surface area contributed by atoms with Crippen molar-refractivity contribution in [3.8, 4) is 5.75 Å². The van der Waals surface area contributed by atoms with Gasteiger partial charge < -0.3 is 4.52 Å². The Hall–Kier alpha value is -0.870. The molecule has 76 valence electrons. The molecule has 0 bridgehead atoms. The van der Waals surface area contributed by atoms with E-state index in [1.807, 2.05) is 0 Å². The molecule has 7 heteroatoms. The first-order chi connectivity index (χ1) is 6.42. The molecule has 0 atom stereocenters. The second-order valence-electron chi connectivity index (χ2n) is 2.39. The van der Waals surface area contributed by atoms with Gasteiger partial charge in [-0.15, -0.1) is 0 Å². The molecule has 1 aromatic rings. The van der Waals surface area contributed by atoms with Crippen LogP contribution in [0.4, 0.5) is 0 Å². The van der Waals surface area contributed by atoms with Crippen molar-refractivity contribution in [3.05, 3.63) is 28.8 Å². The maximum absolute atomic E-state index is 10.5. The maximum Gasteiger partial charge on any atom is 0.524 e. The lowest BCUT2D eigenvalue weighted by Crippen LogP contribution is -1.91. The van der Waals surface area contributed by atoms with Gasteiger partial charge in [0.05, 0.1) is 5.02 Å². The predicted molar refractivity (Wildman–Crippen MR) is 49.5 cm³/mol. The molecule has 0 amide bonds. The molecule has 0 heterocycles. The summed E-state index contributed by atoms with van der Waals surface area (Å²) in [5, 5.41) is -0.0297. The Bertz CT molecular complexity index is 399. The van der Waals surface area contributed by atoms with Gasteiger partial charge in [0.25, 0.3) is 0 Å². The largest absolute Gasteiger partial charge is 0.524 e. The first kappa shape index (κ1) is 11.2. The zero-order valence-electron chi connectivity index (χ0n) is 6.75. The van der Waals surface area contributed by atoms with Crippen molar-refractivity contribution in [2.75, 3.05) is 0 Å². The minimum Gasteiger partial charge on any atom is -0.403 e. The van der Waals surface area contributed by atoms with Crippen LogP contribution < -0.4 is 4.52 Å². The number of carbonyl (C=O) groups excluding carboxylic acids is 1. The first-order valence-corrected chi connectivity index (χ1v) is 5.33. The van der Waals surface area contributed by atoms with Gasteiger partial charge in [0.2, 0.25) is 0 Å². The number of aldehydes is 1. The topological polar surface area (TPSA) is 83.8 Å². The lowest BCUT2D eigenvalue weighted by molar-refractivity contribution is 0.112. The second kappa shape index (κ2) is 4.11. The van der Waals surface area contributed by atoms with Crippen LogP contribution in [-0.4, -0.2) is 16.1 Å². The van der Waals surface area contributed by atoms with Gasteiger partial charge in [-0.2, -0.15) is 0 Å². The van der Waals surface area contributed by atoms with Crippen LogP contribution in [0.1, 0.15) is 10.4 Å². The van der Waals surface area contributed by atoms with E-state index in [2.05, 4.69) is 4.52 Å². The molecule has 0 saturated carbocycles. The normalized spacial score (nSPS) is 11.1. The Morgan fingerprint density at radius 3 is 2.50 bits per heavy atom. The van der Waals surface area contributed by atoms with Crippen LogP contribution in [0.25, 0.3) is 0 Å². The summed E-state index contributed by atoms with van der Waals surface area (Å²) in [7, 11) is -4.61. The summed E-state index contributed by atoms with van der Waals surface area (Å²) in [6.07, 6.45) is 0.563. The number of hydrogen-bond acceptors (Lipinski definition) is 3. The Balaban J connectivity index is 3.01. The van der Waals surface area contributed by atoms with Gasteiger partial charge >= 0.3 is 7.82 Å². The van der Waals surface area contributed by atoms with E-state index in [0.717, 1.165) is 0 Å².